The Hall–Kier alpha value is -3.03. The molecular weight excluding hydrogens is 341 g/mol. The topological polar surface area (TPSA) is 101 Å². The molecular formula is C18H20FN3O4. The average Bonchev–Trinajstić information content (AvgIpc) is 2.56. The van der Waals surface area contributed by atoms with Gasteiger partial charge in [0.1, 0.15) is 18.4 Å². The molecule has 2 N–H and O–H groups in total. The van der Waals surface area contributed by atoms with Gasteiger partial charge in [0.15, 0.2) is 0 Å². The Morgan fingerprint density at radius 3 is 2.54 bits per heavy atom. The largest absolute Gasteiger partial charge is 0.480 e. The first-order valence-electron chi connectivity index (χ1n) is 8.13. The van der Waals surface area contributed by atoms with E-state index in [9.17, 15) is 23.9 Å². The van der Waals surface area contributed by atoms with Crippen molar-refractivity contribution in [1.29, 1.82) is 0 Å². The highest BCUT2D eigenvalue weighted by atomic mass is 19.1. The molecule has 0 radical (unpaired) electrons. The molecule has 2 rings (SSSR count). The number of aromatic nitrogens is 2. The van der Waals surface area contributed by atoms with Gasteiger partial charge < -0.3 is 10.4 Å². The number of amides is 1. The van der Waals surface area contributed by atoms with Crippen molar-refractivity contribution in [3.05, 3.63) is 52.6 Å². The second-order valence-electron chi connectivity index (χ2n) is 6.28. The Kier molecular flexibility index (Phi) is 6.21. The third-order valence-corrected chi connectivity index (χ3v) is 3.65. The smallest absolute Gasteiger partial charge is 0.326 e. The van der Waals surface area contributed by atoms with Crippen molar-refractivity contribution in [2.24, 2.45) is 5.92 Å². The first-order valence-corrected chi connectivity index (χ1v) is 8.13. The molecule has 8 heteroatoms. The minimum atomic E-state index is -1.15. The number of carboxylic acids is 1. The average molecular weight is 361 g/mol. The lowest BCUT2D eigenvalue weighted by molar-refractivity contribution is -0.142. The van der Waals surface area contributed by atoms with E-state index in [1.165, 1.54) is 30.3 Å². The number of aliphatic carboxylic acids is 1. The molecule has 0 fully saturated rings. The summed E-state index contributed by atoms with van der Waals surface area (Å²) in [4.78, 5) is 35.3. The van der Waals surface area contributed by atoms with Crippen molar-refractivity contribution in [2.45, 2.75) is 32.9 Å². The maximum absolute atomic E-state index is 13.9. The lowest BCUT2D eigenvalue weighted by atomic mass is 10.0. The predicted molar refractivity (Wildman–Crippen MR) is 92.9 cm³/mol. The minimum Gasteiger partial charge on any atom is -0.480 e. The molecule has 1 atom stereocenters. The van der Waals surface area contributed by atoms with E-state index < -0.39 is 35.8 Å². The highest BCUT2D eigenvalue weighted by Gasteiger charge is 2.21. The fraction of sp³-hybridized carbons (Fsp3) is 0.333. The molecule has 0 bridgehead atoms. The number of nitrogens with one attached hydrogen (secondary N) is 1. The van der Waals surface area contributed by atoms with Gasteiger partial charge in [0.05, 0.1) is 5.69 Å². The first-order chi connectivity index (χ1) is 12.3. The minimum absolute atomic E-state index is 0.0710. The van der Waals surface area contributed by atoms with Crippen LogP contribution in [0.4, 0.5) is 4.39 Å². The molecule has 1 heterocycles. The molecule has 1 amide bonds. The zero-order chi connectivity index (χ0) is 19.3. The third-order valence-electron chi connectivity index (χ3n) is 3.65. The molecule has 1 aromatic heterocycles. The zero-order valence-corrected chi connectivity index (χ0v) is 14.5. The number of rotatable bonds is 7. The van der Waals surface area contributed by atoms with Gasteiger partial charge in [-0.1, -0.05) is 26.0 Å². The summed E-state index contributed by atoms with van der Waals surface area (Å²) in [6.45, 7) is 3.22. The van der Waals surface area contributed by atoms with Crippen LogP contribution in [-0.4, -0.2) is 32.8 Å². The zero-order valence-electron chi connectivity index (χ0n) is 14.5. The van der Waals surface area contributed by atoms with Crippen LogP contribution < -0.4 is 10.9 Å². The number of halogens is 1. The van der Waals surface area contributed by atoms with E-state index in [1.54, 1.807) is 6.07 Å². The maximum atomic E-state index is 13.9. The Morgan fingerprint density at radius 1 is 1.23 bits per heavy atom. The highest BCUT2D eigenvalue weighted by Crippen LogP contribution is 2.18. The Bertz CT molecular complexity index is 864. The van der Waals surface area contributed by atoms with Crippen LogP contribution >= 0.6 is 0 Å². The van der Waals surface area contributed by atoms with Crippen molar-refractivity contribution in [1.82, 2.24) is 15.1 Å². The van der Waals surface area contributed by atoms with Crippen LogP contribution in [0.1, 0.15) is 20.3 Å². The van der Waals surface area contributed by atoms with Gasteiger partial charge in [0, 0.05) is 11.6 Å². The van der Waals surface area contributed by atoms with Gasteiger partial charge in [-0.2, -0.15) is 5.10 Å². The Balaban J connectivity index is 2.20. The van der Waals surface area contributed by atoms with Gasteiger partial charge in [0.2, 0.25) is 5.91 Å². The number of carbonyl (C=O) groups is 2. The van der Waals surface area contributed by atoms with Crippen LogP contribution in [0.25, 0.3) is 11.3 Å². The summed E-state index contributed by atoms with van der Waals surface area (Å²) in [5.74, 6) is -2.23. The molecule has 7 nitrogen and oxygen atoms in total. The molecule has 0 saturated carbocycles. The van der Waals surface area contributed by atoms with Crippen molar-refractivity contribution in [3.63, 3.8) is 0 Å². The summed E-state index contributed by atoms with van der Waals surface area (Å²) in [6.07, 6.45) is 0.263. The van der Waals surface area contributed by atoms with E-state index in [0.717, 1.165) is 4.68 Å². The molecule has 0 aliphatic rings. The highest BCUT2D eigenvalue weighted by molar-refractivity contribution is 5.83. The number of hydrogen-bond acceptors (Lipinski definition) is 4. The normalized spacial score (nSPS) is 12.0. The first kappa shape index (κ1) is 19.3. The van der Waals surface area contributed by atoms with Gasteiger partial charge in [-0.25, -0.2) is 13.9 Å². The van der Waals surface area contributed by atoms with E-state index in [4.69, 9.17) is 0 Å². The summed E-state index contributed by atoms with van der Waals surface area (Å²) in [6, 6.07) is 7.44. The number of hydrogen-bond donors (Lipinski definition) is 2. The summed E-state index contributed by atoms with van der Waals surface area (Å²) < 4.78 is 14.8. The van der Waals surface area contributed by atoms with Crippen LogP contribution in [0.15, 0.2) is 41.2 Å². The molecule has 26 heavy (non-hydrogen) atoms. The second kappa shape index (κ2) is 8.37. The third kappa shape index (κ3) is 4.98. The summed E-state index contributed by atoms with van der Waals surface area (Å²) >= 11 is 0. The van der Waals surface area contributed by atoms with E-state index in [1.807, 2.05) is 13.8 Å². The predicted octanol–water partition coefficient (Wildman–Crippen LogP) is 1.66. The molecule has 0 aliphatic carbocycles. The summed E-state index contributed by atoms with van der Waals surface area (Å²) in [5.41, 5.74) is -0.145. The van der Waals surface area contributed by atoms with E-state index in [2.05, 4.69) is 10.4 Å². The van der Waals surface area contributed by atoms with E-state index in [-0.39, 0.29) is 23.6 Å². The van der Waals surface area contributed by atoms with Gasteiger partial charge in [-0.15, -0.1) is 0 Å². The van der Waals surface area contributed by atoms with Gasteiger partial charge in [-0.05, 0) is 30.5 Å². The Labute approximate surface area is 149 Å². The van der Waals surface area contributed by atoms with E-state index in [0.29, 0.717) is 0 Å². The fourth-order valence-electron chi connectivity index (χ4n) is 2.44. The summed E-state index contributed by atoms with van der Waals surface area (Å²) in [5, 5.41) is 15.6. The Morgan fingerprint density at radius 2 is 1.92 bits per heavy atom. The summed E-state index contributed by atoms with van der Waals surface area (Å²) in [7, 11) is 0. The molecule has 2 aromatic rings. The molecule has 1 aromatic carbocycles. The molecule has 0 aliphatic heterocycles. The van der Waals surface area contributed by atoms with Crippen molar-refractivity contribution < 1.29 is 19.1 Å². The maximum Gasteiger partial charge on any atom is 0.326 e. The number of carbonyl (C=O) groups excluding carboxylic acids is 1. The van der Waals surface area contributed by atoms with Gasteiger partial charge >= 0.3 is 5.97 Å². The van der Waals surface area contributed by atoms with E-state index >= 15 is 0 Å². The van der Waals surface area contributed by atoms with Crippen molar-refractivity contribution >= 4 is 11.9 Å². The second-order valence-corrected chi connectivity index (χ2v) is 6.28. The molecule has 138 valence electrons. The van der Waals surface area contributed by atoms with Crippen LogP contribution in [0, 0.1) is 11.7 Å². The van der Waals surface area contributed by atoms with Gasteiger partial charge in [-0.3, -0.25) is 9.59 Å². The van der Waals surface area contributed by atoms with Crippen LogP contribution in [-0.2, 0) is 16.1 Å². The number of nitrogens with zero attached hydrogens (tertiary/aromatic N) is 2. The van der Waals surface area contributed by atoms with Crippen molar-refractivity contribution in [3.8, 4) is 11.3 Å². The van der Waals surface area contributed by atoms with Gasteiger partial charge in [0.25, 0.3) is 5.56 Å². The van der Waals surface area contributed by atoms with Crippen LogP contribution in [0.2, 0.25) is 0 Å². The number of benzene rings is 1. The van der Waals surface area contributed by atoms with Crippen LogP contribution in [0.5, 0.6) is 0 Å². The monoisotopic (exact) mass is 361 g/mol. The standard InChI is InChI=1S/C18H20FN3O4/c1-11(2)9-15(18(25)26)20-16(23)10-22-17(24)8-7-14(21-22)12-5-3-4-6-13(12)19/h3-8,11,15H,9-10H2,1-2H3,(H,20,23)(H,25,26)/t15-/m0/s1. The number of carboxylic acid groups (broad SMARTS) is 1. The molecule has 0 unspecified atom stereocenters. The van der Waals surface area contributed by atoms with Crippen molar-refractivity contribution in [2.75, 3.05) is 0 Å². The quantitative estimate of drug-likeness (QED) is 0.781. The molecule has 0 spiro atoms. The SMILES string of the molecule is CC(C)C[C@H](NC(=O)Cn1nc(-c2ccccc2F)ccc1=O)C(=O)O. The van der Waals surface area contributed by atoms with Crippen LogP contribution in [0.3, 0.4) is 0 Å². The fourth-order valence-corrected chi connectivity index (χ4v) is 2.44. The lowest BCUT2D eigenvalue weighted by Gasteiger charge is -2.16. The molecule has 0 saturated heterocycles. The lowest BCUT2D eigenvalue weighted by Crippen LogP contribution is -2.44.